The first kappa shape index (κ1) is 19.9. The molecule has 1 N–H and O–H groups in total. The summed E-state index contributed by atoms with van der Waals surface area (Å²) in [6.07, 6.45) is 4.97. The van der Waals surface area contributed by atoms with Gasteiger partial charge in [0.15, 0.2) is 0 Å². The SMILES string of the molecule is CCCNC(CCC(C)(C)C)C(C)(CC)N(CC)CC. The van der Waals surface area contributed by atoms with Crippen LogP contribution in [0.3, 0.4) is 0 Å². The van der Waals surface area contributed by atoms with Crippen molar-refractivity contribution in [3.8, 4) is 0 Å². The van der Waals surface area contributed by atoms with Crippen LogP contribution in [0.25, 0.3) is 0 Å². The molecule has 0 radical (unpaired) electrons. The molecule has 2 unspecified atom stereocenters. The van der Waals surface area contributed by atoms with Crippen molar-refractivity contribution in [2.75, 3.05) is 19.6 Å². The molecule has 0 aromatic carbocycles. The van der Waals surface area contributed by atoms with Gasteiger partial charge in [-0.25, -0.2) is 0 Å². The van der Waals surface area contributed by atoms with Gasteiger partial charge in [-0.2, -0.15) is 0 Å². The van der Waals surface area contributed by atoms with Crippen LogP contribution in [0.4, 0.5) is 0 Å². The first-order valence-electron chi connectivity index (χ1n) is 8.73. The van der Waals surface area contributed by atoms with E-state index in [0.717, 1.165) is 19.6 Å². The summed E-state index contributed by atoms with van der Waals surface area (Å²) in [5.41, 5.74) is 0.688. The first-order valence-corrected chi connectivity index (χ1v) is 8.73. The summed E-state index contributed by atoms with van der Waals surface area (Å²) in [6.45, 7) is 22.1. The summed E-state index contributed by atoms with van der Waals surface area (Å²) in [5.74, 6) is 0. The summed E-state index contributed by atoms with van der Waals surface area (Å²) < 4.78 is 0. The highest BCUT2D eigenvalue weighted by Crippen LogP contribution is 2.30. The van der Waals surface area contributed by atoms with Crippen molar-refractivity contribution in [1.82, 2.24) is 10.2 Å². The van der Waals surface area contributed by atoms with Crippen LogP contribution in [-0.4, -0.2) is 36.1 Å². The van der Waals surface area contributed by atoms with Gasteiger partial charge >= 0.3 is 0 Å². The van der Waals surface area contributed by atoms with E-state index in [1.165, 1.54) is 25.7 Å². The zero-order valence-corrected chi connectivity index (χ0v) is 15.5. The molecule has 2 heteroatoms. The van der Waals surface area contributed by atoms with E-state index in [1.54, 1.807) is 0 Å². The maximum Gasteiger partial charge on any atom is 0.0331 e. The summed E-state index contributed by atoms with van der Waals surface area (Å²) in [5, 5.41) is 3.84. The molecule has 0 aliphatic rings. The molecule has 20 heavy (non-hydrogen) atoms. The second kappa shape index (κ2) is 9.04. The Labute approximate surface area is 128 Å². The van der Waals surface area contributed by atoms with Crippen LogP contribution in [0.1, 0.15) is 81.1 Å². The van der Waals surface area contributed by atoms with Crippen molar-refractivity contribution in [3.05, 3.63) is 0 Å². The fourth-order valence-corrected chi connectivity index (χ4v) is 3.17. The Morgan fingerprint density at radius 1 is 0.950 bits per heavy atom. The van der Waals surface area contributed by atoms with Gasteiger partial charge in [0.25, 0.3) is 0 Å². The quantitative estimate of drug-likeness (QED) is 0.626. The van der Waals surface area contributed by atoms with Crippen LogP contribution in [0, 0.1) is 5.41 Å². The van der Waals surface area contributed by atoms with Crippen LogP contribution in [-0.2, 0) is 0 Å². The van der Waals surface area contributed by atoms with E-state index < -0.39 is 0 Å². The predicted molar refractivity (Wildman–Crippen MR) is 92.4 cm³/mol. The number of hydrogen-bond acceptors (Lipinski definition) is 2. The third-order valence-electron chi connectivity index (χ3n) is 4.78. The van der Waals surface area contributed by atoms with Gasteiger partial charge in [0, 0.05) is 11.6 Å². The zero-order valence-electron chi connectivity index (χ0n) is 15.5. The number of likely N-dealkylation sites (N-methyl/N-ethyl adjacent to an activating group) is 1. The molecule has 0 bridgehead atoms. The number of nitrogens with zero attached hydrogens (tertiary/aromatic N) is 1. The van der Waals surface area contributed by atoms with Crippen molar-refractivity contribution >= 4 is 0 Å². The Morgan fingerprint density at radius 3 is 1.85 bits per heavy atom. The van der Waals surface area contributed by atoms with E-state index in [2.05, 4.69) is 65.6 Å². The number of rotatable bonds is 10. The van der Waals surface area contributed by atoms with Crippen LogP contribution in [0.5, 0.6) is 0 Å². The number of hydrogen-bond donors (Lipinski definition) is 1. The topological polar surface area (TPSA) is 15.3 Å². The lowest BCUT2D eigenvalue weighted by molar-refractivity contribution is 0.0620. The Hall–Kier alpha value is -0.0800. The average molecular weight is 285 g/mol. The molecule has 0 saturated carbocycles. The van der Waals surface area contributed by atoms with Gasteiger partial charge in [-0.15, -0.1) is 0 Å². The van der Waals surface area contributed by atoms with Gasteiger partial charge < -0.3 is 5.32 Å². The van der Waals surface area contributed by atoms with Crippen molar-refractivity contribution in [2.24, 2.45) is 5.41 Å². The third kappa shape index (κ3) is 6.13. The summed E-state index contributed by atoms with van der Waals surface area (Å²) >= 11 is 0. The molecule has 2 atom stereocenters. The second-order valence-corrected chi connectivity index (χ2v) is 7.49. The largest absolute Gasteiger partial charge is 0.312 e. The summed E-state index contributed by atoms with van der Waals surface area (Å²) in [7, 11) is 0. The van der Waals surface area contributed by atoms with Gasteiger partial charge in [-0.3, -0.25) is 4.90 Å². The Bertz CT molecular complexity index is 240. The van der Waals surface area contributed by atoms with E-state index >= 15 is 0 Å². The molecule has 0 fully saturated rings. The van der Waals surface area contributed by atoms with Crippen LogP contribution in [0.15, 0.2) is 0 Å². The van der Waals surface area contributed by atoms with Crippen molar-refractivity contribution in [3.63, 3.8) is 0 Å². The van der Waals surface area contributed by atoms with Gasteiger partial charge in [-0.1, -0.05) is 48.5 Å². The predicted octanol–water partition coefficient (Wildman–Crippen LogP) is 4.69. The van der Waals surface area contributed by atoms with Gasteiger partial charge in [0.05, 0.1) is 0 Å². The maximum atomic E-state index is 3.84. The molecule has 0 aliphatic carbocycles. The molecule has 2 nitrogen and oxygen atoms in total. The lowest BCUT2D eigenvalue weighted by Gasteiger charge is -2.47. The smallest absolute Gasteiger partial charge is 0.0331 e. The minimum Gasteiger partial charge on any atom is -0.312 e. The van der Waals surface area contributed by atoms with Crippen molar-refractivity contribution < 1.29 is 0 Å². The van der Waals surface area contributed by atoms with E-state index in [-0.39, 0.29) is 5.54 Å². The molecule has 0 amide bonds. The molecule has 0 heterocycles. The highest BCUT2D eigenvalue weighted by atomic mass is 15.2. The molecular weight excluding hydrogens is 244 g/mol. The summed E-state index contributed by atoms with van der Waals surface area (Å²) in [4.78, 5) is 2.64. The maximum absolute atomic E-state index is 3.84. The van der Waals surface area contributed by atoms with E-state index in [0.29, 0.717) is 11.5 Å². The average Bonchev–Trinajstić information content (AvgIpc) is 2.38. The molecule has 0 spiro atoms. The second-order valence-electron chi connectivity index (χ2n) is 7.49. The zero-order chi connectivity index (χ0) is 15.8. The molecule has 0 rings (SSSR count). The third-order valence-corrected chi connectivity index (χ3v) is 4.78. The minimum atomic E-state index is 0.268. The minimum absolute atomic E-state index is 0.268. The van der Waals surface area contributed by atoms with Gasteiger partial charge in [0.1, 0.15) is 0 Å². The Kier molecular flexibility index (Phi) is 9.01. The standard InChI is InChI=1S/C18H40N2/c1-9-15-19-16(13-14-17(5,6)7)18(8,10-2)20(11-3)12-4/h16,19H,9-15H2,1-8H3. The molecule has 0 aromatic rings. The van der Waals surface area contributed by atoms with Crippen LogP contribution < -0.4 is 5.32 Å². The first-order chi connectivity index (χ1) is 9.25. The van der Waals surface area contributed by atoms with Crippen molar-refractivity contribution in [2.45, 2.75) is 92.7 Å². The molecule has 0 saturated heterocycles. The molecule has 0 aromatic heterocycles. The van der Waals surface area contributed by atoms with Gasteiger partial charge in [0.2, 0.25) is 0 Å². The van der Waals surface area contributed by atoms with Crippen LogP contribution in [0.2, 0.25) is 0 Å². The highest BCUT2D eigenvalue weighted by Gasteiger charge is 2.36. The lowest BCUT2D eigenvalue weighted by Crippen LogP contribution is -2.59. The van der Waals surface area contributed by atoms with E-state index in [9.17, 15) is 0 Å². The van der Waals surface area contributed by atoms with Crippen molar-refractivity contribution in [1.29, 1.82) is 0 Å². The fraction of sp³-hybridized carbons (Fsp3) is 1.00. The molecule has 122 valence electrons. The monoisotopic (exact) mass is 284 g/mol. The summed E-state index contributed by atoms with van der Waals surface area (Å²) in [6, 6.07) is 0.589. The Morgan fingerprint density at radius 2 is 1.50 bits per heavy atom. The van der Waals surface area contributed by atoms with E-state index in [1.807, 2.05) is 0 Å². The highest BCUT2D eigenvalue weighted by molar-refractivity contribution is 4.96. The normalized spacial score (nSPS) is 17.2. The lowest BCUT2D eigenvalue weighted by atomic mass is 9.80. The molecular formula is C18H40N2. The van der Waals surface area contributed by atoms with E-state index in [4.69, 9.17) is 0 Å². The fourth-order valence-electron chi connectivity index (χ4n) is 3.17. The van der Waals surface area contributed by atoms with Gasteiger partial charge in [-0.05, 0) is 57.7 Å². The van der Waals surface area contributed by atoms with Crippen LogP contribution >= 0.6 is 0 Å². The Balaban J connectivity index is 5.02. The number of nitrogens with one attached hydrogen (secondary N) is 1. The molecule has 0 aliphatic heterocycles.